The molecule has 2 aromatic rings. The summed E-state index contributed by atoms with van der Waals surface area (Å²) in [6.45, 7) is 3.82. The van der Waals surface area contributed by atoms with Crippen LogP contribution in [0.15, 0.2) is 24.4 Å². The Bertz CT molecular complexity index is 615. The van der Waals surface area contributed by atoms with E-state index in [2.05, 4.69) is 5.10 Å². The molecule has 0 bridgehead atoms. The molecule has 0 amide bonds. The van der Waals surface area contributed by atoms with Crippen LogP contribution in [0.5, 0.6) is 0 Å². The van der Waals surface area contributed by atoms with Crippen LogP contribution >= 0.6 is 34.8 Å². The van der Waals surface area contributed by atoms with Crippen LogP contribution < -0.4 is 0 Å². The number of carbonyl (C=O) groups excluding carboxylic acids is 1. The minimum absolute atomic E-state index is 0.00714. The largest absolute Gasteiger partial charge is 0.287 e. The maximum absolute atomic E-state index is 12.6. The van der Waals surface area contributed by atoms with E-state index in [1.807, 2.05) is 13.8 Å². The standard InChI is InChI=1S/C13H11Cl3N2O/c1-7(2)18-12(10(16)6-17-18)13(19)11-8(14)4-3-5-9(11)15/h3-7H,1-2H3. The van der Waals surface area contributed by atoms with Crippen LogP contribution in [0.1, 0.15) is 35.9 Å². The minimum atomic E-state index is -0.327. The number of halogens is 3. The number of nitrogens with zero attached hydrogens (tertiary/aromatic N) is 2. The highest BCUT2D eigenvalue weighted by Gasteiger charge is 2.24. The molecule has 0 N–H and O–H groups in total. The fourth-order valence-electron chi connectivity index (χ4n) is 1.78. The van der Waals surface area contributed by atoms with Gasteiger partial charge in [0.15, 0.2) is 0 Å². The first-order chi connectivity index (χ1) is 8.93. The summed E-state index contributed by atoms with van der Waals surface area (Å²) in [5, 5.41) is 4.98. The molecule has 1 aromatic carbocycles. The highest BCUT2D eigenvalue weighted by atomic mass is 35.5. The molecule has 0 unspecified atom stereocenters. The molecule has 0 saturated carbocycles. The highest BCUT2D eigenvalue weighted by molar-refractivity contribution is 6.42. The molecule has 19 heavy (non-hydrogen) atoms. The number of carbonyl (C=O) groups is 1. The molecule has 100 valence electrons. The van der Waals surface area contributed by atoms with Crippen LogP contribution in [0.2, 0.25) is 15.1 Å². The lowest BCUT2D eigenvalue weighted by Crippen LogP contribution is -2.14. The quantitative estimate of drug-likeness (QED) is 0.772. The lowest BCUT2D eigenvalue weighted by atomic mass is 10.1. The second-order valence-corrected chi connectivity index (χ2v) is 5.53. The molecule has 1 aromatic heterocycles. The monoisotopic (exact) mass is 316 g/mol. The number of hydrogen-bond acceptors (Lipinski definition) is 2. The molecule has 1 heterocycles. The van der Waals surface area contributed by atoms with E-state index in [0.29, 0.717) is 15.7 Å². The number of benzene rings is 1. The number of aromatic nitrogens is 2. The van der Waals surface area contributed by atoms with Crippen molar-refractivity contribution in [1.29, 1.82) is 0 Å². The molecule has 0 spiro atoms. The SMILES string of the molecule is CC(C)n1ncc(Cl)c1C(=O)c1c(Cl)cccc1Cl. The Kier molecular flexibility index (Phi) is 4.19. The van der Waals surface area contributed by atoms with Crippen LogP contribution in [-0.4, -0.2) is 15.6 Å². The fraction of sp³-hybridized carbons (Fsp3) is 0.231. The van der Waals surface area contributed by atoms with Gasteiger partial charge >= 0.3 is 0 Å². The Hall–Kier alpha value is -1.03. The Morgan fingerprint density at radius 1 is 1.16 bits per heavy atom. The Balaban J connectivity index is 2.60. The third-order valence-corrected chi connectivity index (χ3v) is 3.55. The van der Waals surface area contributed by atoms with Crippen molar-refractivity contribution in [2.45, 2.75) is 19.9 Å². The minimum Gasteiger partial charge on any atom is -0.287 e. The predicted octanol–water partition coefficient (Wildman–Crippen LogP) is 4.66. The van der Waals surface area contributed by atoms with Gasteiger partial charge in [-0.25, -0.2) is 0 Å². The van der Waals surface area contributed by atoms with E-state index in [1.54, 1.807) is 22.9 Å². The first kappa shape index (κ1) is 14.4. The van der Waals surface area contributed by atoms with Crippen molar-refractivity contribution < 1.29 is 4.79 Å². The van der Waals surface area contributed by atoms with E-state index in [4.69, 9.17) is 34.8 Å². The van der Waals surface area contributed by atoms with Crippen molar-refractivity contribution in [2.75, 3.05) is 0 Å². The maximum atomic E-state index is 12.6. The topological polar surface area (TPSA) is 34.9 Å². The second-order valence-electron chi connectivity index (χ2n) is 4.31. The van der Waals surface area contributed by atoms with E-state index in [1.165, 1.54) is 6.20 Å². The van der Waals surface area contributed by atoms with E-state index in [-0.39, 0.29) is 22.4 Å². The predicted molar refractivity (Wildman–Crippen MR) is 77.5 cm³/mol. The Labute approximate surface area is 126 Å². The van der Waals surface area contributed by atoms with E-state index in [0.717, 1.165) is 0 Å². The van der Waals surface area contributed by atoms with Crippen molar-refractivity contribution in [3.05, 3.63) is 50.7 Å². The normalized spacial score (nSPS) is 11.1. The summed E-state index contributed by atoms with van der Waals surface area (Å²) in [6.07, 6.45) is 1.44. The molecular weight excluding hydrogens is 307 g/mol. The molecule has 0 aliphatic rings. The lowest BCUT2D eigenvalue weighted by molar-refractivity contribution is 0.102. The molecule has 0 radical (unpaired) electrons. The molecular formula is C13H11Cl3N2O. The van der Waals surface area contributed by atoms with Gasteiger partial charge in [0.1, 0.15) is 5.69 Å². The van der Waals surface area contributed by atoms with Gasteiger partial charge in [-0.2, -0.15) is 5.10 Å². The number of hydrogen-bond donors (Lipinski definition) is 0. The fourth-order valence-corrected chi connectivity index (χ4v) is 2.56. The van der Waals surface area contributed by atoms with Gasteiger partial charge in [-0.1, -0.05) is 40.9 Å². The summed E-state index contributed by atoms with van der Waals surface area (Å²) in [5.74, 6) is -0.327. The van der Waals surface area contributed by atoms with Gasteiger partial charge in [-0.15, -0.1) is 0 Å². The summed E-state index contributed by atoms with van der Waals surface area (Å²) in [6, 6.07) is 4.92. The third kappa shape index (κ3) is 2.64. The van der Waals surface area contributed by atoms with Gasteiger partial charge in [-0.3, -0.25) is 9.48 Å². The summed E-state index contributed by atoms with van der Waals surface area (Å²) in [5.41, 5.74) is 0.543. The van der Waals surface area contributed by atoms with Crippen molar-refractivity contribution in [1.82, 2.24) is 9.78 Å². The molecule has 0 saturated heterocycles. The molecule has 0 aliphatic carbocycles. The summed E-state index contributed by atoms with van der Waals surface area (Å²) in [4.78, 5) is 12.6. The Morgan fingerprint density at radius 2 is 1.74 bits per heavy atom. The zero-order valence-electron chi connectivity index (χ0n) is 10.3. The van der Waals surface area contributed by atoms with Crippen molar-refractivity contribution >= 4 is 40.6 Å². The second kappa shape index (κ2) is 5.53. The smallest absolute Gasteiger partial charge is 0.215 e. The van der Waals surface area contributed by atoms with Gasteiger partial charge in [0, 0.05) is 6.04 Å². The van der Waals surface area contributed by atoms with Gasteiger partial charge in [-0.05, 0) is 26.0 Å². The van der Waals surface area contributed by atoms with Gasteiger partial charge in [0.2, 0.25) is 5.78 Å². The number of ketones is 1. The molecule has 3 nitrogen and oxygen atoms in total. The van der Waals surface area contributed by atoms with Crippen LogP contribution in [0, 0.1) is 0 Å². The van der Waals surface area contributed by atoms with E-state index >= 15 is 0 Å². The average Bonchev–Trinajstić information content (AvgIpc) is 2.70. The Morgan fingerprint density at radius 3 is 2.26 bits per heavy atom. The summed E-state index contributed by atoms with van der Waals surface area (Å²) in [7, 11) is 0. The molecule has 0 fully saturated rings. The van der Waals surface area contributed by atoms with Gasteiger partial charge in [0.05, 0.1) is 26.8 Å². The van der Waals surface area contributed by atoms with E-state index < -0.39 is 0 Å². The zero-order valence-corrected chi connectivity index (χ0v) is 12.6. The van der Waals surface area contributed by atoms with Gasteiger partial charge in [0.25, 0.3) is 0 Å². The first-order valence-corrected chi connectivity index (χ1v) is 6.78. The van der Waals surface area contributed by atoms with Gasteiger partial charge < -0.3 is 0 Å². The molecule has 2 rings (SSSR count). The maximum Gasteiger partial charge on any atom is 0.215 e. The van der Waals surface area contributed by atoms with Crippen LogP contribution in [-0.2, 0) is 0 Å². The highest BCUT2D eigenvalue weighted by Crippen LogP contribution is 2.30. The average molecular weight is 318 g/mol. The molecule has 0 aliphatic heterocycles. The van der Waals surface area contributed by atoms with Crippen molar-refractivity contribution in [3.8, 4) is 0 Å². The molecule has 0 atom stereocenters. The van der Waals surface area contributed by atoms with Crippen LogP contribution in [0.3, 0.4) is 0 Å². The van der Waals surface area contributed by atoms with E-state index in [9.17, 15) is 4.79 Å². The first-order valence-electron chi connectivity index (χ1n) is 5.65. The van der Waals surface area contributed by atoms with Crippen molar-refractivity contribution in [2.24, 2.45) is 0 Å². The summed E-state index contributed by atoms with van der Waals surface area (Å²) < 4.78 is 1.56. The summed E-state index contributed by atoms with van der Waals surface area (Å²) >= 11 is 18.1. The van der Waals surface area contributed by atoms with Crippen molar-refractivity contribution in [3.63, 3.8) is 0 Å². The third-order valence-electron chi connectivity index (χ3n) is 2.64. The lowest BCUT2D eigenvalue weighted by Gasteiger charge is -2.12. The van der Waals surface area contributed by atoms with Crippen LogP contribution in [0.4, 0.5) is 0 Å². The molecule has 6 heteroatoms. The zero-order chi connectivity index (χ0) is 14.2. The van der Waals surface area contributed by atoms with Crippen LogP contribution in [0.25, 0.3) is 0 Å². The number of rotatable bonds is 3.